The lowest BCUT2D eigenvalue weighted by molar-refractivity contribution is 0.477. The number of aromatic nitrogens is 1. The van der Waals surface area contributed by atoms with Gasteiger partial charge in [-0.3, -0.25) is 0 Å². The zero-order valence-corrected chi connectivity index (χ0v) is 8.44. The van der Waals surface area contributed by atoms with Gasteiger partial charge in [0.15, 0.2) is 0 Å². The second-order valence-electron chi connectivity index (χ2n) is 3.42. The molecule has 0 amide bonds. The maximum Gasteiger partial charge on any atom is 0.124 e. The molecule has 0 aliphatic carbocycles. The maximum atomic E-state index is 9.70. The van der Waals surface area contributed by atoms with Crippen molar-refractivity contribution in [3.8, 4) is 17.0 Å². The minimum Gasteiger partial charge on any atom is -0.507 e. The van der Waals surface area contributed by atoms with E-state index in [1.165, 1.54) is 0 Å². The summed E-state index contributed by atoms with van der Waals surface area (Å²) in [5, 5.41) is 9.70. The van der Waals surface area contributed by atoms with Gasteiger partial charge in [0.2, 0.25) is 0 Å². The summed E-state index contributed by atoms with van der Waals surface area (Å²) in [7, 11) is 0. The number of pyridine rings is 1. The first-order valence-electron chi connectivity index (χ1n) is 4.70. The smallest absolute Gasteiger partial charge is 0.124 e. The molecule has 3 nitrogen and oxygen atoms in total. The molecule has 1 aromatic carbocycles. The van der Waals surface area contributed by atoms with E-state index >= 15 is 0 Å². The first-order chi connectivity index (χ1) is 7.18. The van der Waals surface area contributed by atoms with Gasteiger partial charge in [0, 0.05) is 5.56 Å². The number of nitrogen functional groups attached to an aromatic ring is 1. The fourth-order valence-corrected chi connectivity index (χ4v) is 1.49. The van der Waals surface area contributed by atoms with Crippen LogP contribution >= 0.6 is 0 Å². The van der Waals surface area contributed by atoms with Crippen LogP contribution in [0.2, 0.25) is 0 Å². The van der Waals surface area contributed by atoms with Crippen LogP contribution in [0.3, 0.4) is 0 Å². The van der Waals surface area contributed by atoms with Gasteiger partial charge < -0.3 is 10.8 Å². The number of aryl methyl sites for hydroxylation is 1. The van der Waals surface area contributed by atoms with E-state index < -0.39 is 0 Å². The molecule has 0 unspecified atom stereocenters. The Morgan fingerprint density at radius 2 is 1.87 bits per heavy atom. The van der Waals surface area contributed by atoms with Crippen LogP contribution in [0.1, 0.15) is 5.56 Å². The first kappa shape index (κ1) is 9.52. The van der Waals surface area contributed by atoms with Gasteiger partial charge in [-0.05, 0) is 30.7 Å². The van der Waals surface area contributed by atoms with Crippen molar-refractivity contribution >= 4 is 5.82 Å². The molecule has 0 bridgehead atoms. The fraction of sp³-hybridized carbons (Fsp3) is 0.0833. The van der Waals surface area contributed by atoms with Crippen LogP contribution in [0.4, 0.5) is 5.82 Å². The molecule has 0 atom stereocenters. The normalized spacial score (nSPS) is 10.2. The molecule has 0 radical (unpaired) electrons. The van der Waals surface area contributed by atoms with Crippen LogP contribution in [0.15, 0.2) is 36.4 Å². The topological polar surface area (TPSA) is 59.1 Å². The van der Waals surface area contributed by atoms with Gasteiger partial charge in [-0.25, -0.2) is 4.98 Å². The third-order valence-corrected chi connectivity index (χ3v) is 2.28. The Hall–Kier alpha value is -2.03. The lowest BCUT2D eigenvalue weighted by atomic mass is 10.1. The summed E-state index contributed by atoms with van der Waals surface area (Å²) in [4.78, 5) is 4.22. The SMILES string of the molecule is Cc1ccc(N)nc1-c1ccccc1O. The van der Waals surface area contributed by atoms with Crippen LogP contribution in [0, 0.1) is 6.92 Å². The van der Waals surface area contributed by atoms with Gasteiger partial charge in [0.1, 0.15) is 11.6 Å². The molecule has 1 aromatic heterocycles. The highest BCUT2D eigenvalue weighted by Gasteiger charge is 2.07. The van der Waals surface area contributed by atoms with Crippen molar-refractivity contribution in [2.75, 3.05) is 5.73 Å². The summed E-state index contributed by atoms with van der Waals surface area (Å²) >= 11 is 0. The summed E-state index contributed by atoms with van der Waals surface area (Å²) in [6.07, 6.45) is 0. The molecule has 3 heteroatoms. The van der Waals surface area contributed by atoms with Gasteiger partial charge in [-0.2, -0.15) is 0 Å². The van der Waals surface area contributed by atoms with E-state index in [2.05, 4.69) is 4.98 Å². The molecule has 0 saturated heterocycles. The van der Waals surface area contributed by atoms with Gasteiger partial charge in [0.05, 0.1) is 5.69 Å². The second-order valence-corrected chi connectivity index (χ2v) is 3.42. The quantitative estimate of drug-likeness (QED) is 0.742. The van der Waals surface area contributed by atoms with Crippen LogP contribution in [0.25, 0.3) is 11.3 Å². The molecule has 0 aliphatic rings. The summed E-state index contributed by atoms with van der Waals surface area (Å²) < 4.78 is 0. The van der Waals surface area contributed by atoms with E-state index in [1.807, 2.05) is 25.1 Å². The van der Waals surface area contributed by atoms with Crippen molar-refractivity contribution in [1.82, 2.24) is 4.98 Å². The van der Waals surface area contributed by atoms with E-state index in [1.54, 1.807) is 18.2 Å². The Labute approximate surface area is 88.2 Å². The second kappa shape index (κ2) is 3.61. The Morgan fingerprint density at radius 1 is 1.13 bits per heavy atom. The maximum absolute atomic E-state index is 9.70. The zero-order chi connectivity index (χ0) is 10.8. The van der Waals surface area contributed by atoms with Gasteiger partial charge in [0.25, 0.3) is 0 Å². The number of rotatable bonds is 1. The third kappa shape index (κ3) is 1.76. The zero-order valence-electron chi connectivity index (χ0n) is 8.44. The van der Waals surface area contributed by atoms with E-state index in [4.69, 9.17) is 5.73 Å². The number of para-hydroxylation sites is 1. The number of phenols is 1. The van der Waals surface area contributed by atoms with E-state index in [-0.39, 0.29) is 5.75 Å². The number of nitrogens with two attached hydrogens (primary N) is 1. The molecule has 2 rings (SSSR count). The molecular formula is C12H12N2O. The number of anilines is 1. The summed E-state index contributed by atoms with van der Waals surface area (Å²) in [6.45, 7) is 1.94. The monoisotopic (exact) mass is 200 g/mol. The number of aromatic hydroxyl groups is 1. The molecule has 76 valence electrons. The number of benzene rings is 1. The standard InChI is InChI=1S/C12H12N2O/c1-8-6-7-11(13)14-12(8)9-4-2-3-5-10(9)15/h2-7,15H,1H3,(H2,13,14). The lowest BCUT2D eigenvalue weighted by Gasteiger charge is -2.07. The van der Waals surface area contributed by atoms with Crippen molar-refractivity contribution in [3.05, 3.63) is 42.0 Å². The Kier molecular flexibility index (Phi) is 2.29. The van der Waals surface area contributed by atoms with Crippen LogP contribution in [-0.2, 0) is 0 Å². The minimum absolute atomic E-state index is 0.221. The van der Waals surface area contributed by atoms with Crippen LogP contribution < -0.4 is 5.73 Å². The number of hydrogen-bond acceptors (Lipinski definition) is 3. The Morgan fingerprint density at radius 3 is 2.60 bits per heavy atom. The largest absolute Gasteiger partial charge is 0.507 e. The Bertz CT molecular complexity index is 495. The predicted octanol–water partition coefficient (Wildman–Crippen LogP) is 2.34. The van der Waals surface area contributed by atoms with Gasteiger partial charge in [-0.1, -0.05) is 18.2 Å². The van der Waals surface area contributed by atoms with Crippen molar-refractivity contribution in [1.29, 1.82) is 0 Å². The molecular weight excluding hydrogens is 188 g/mol. The minimum atomic E-state index is 0.221. The summed E-state index contributed by atoms with van der Waals surface area (Å²) in [5.41, 5.74) is 8.05. The third-order valence-electron chi connectivity index (χ3n) is 2.28. The van der Waals surface area contributed by atoms with Crippen LogP contribution in [0.5, 0.6) is 5.75 Å². The number of nitrogens with zero attached hydrogens (tertiary/aromatic N) is 1. The van der Waals surface area contributed by atoms with Crippen molar-refractivity contribution < 1.29 is 5.11 Å². The summed E-state index contributed by atoms with van der Waals surface area (Å²) in [5.74, 6) is 0.678. The predicted molar refractivity (Wildman–Crippen MR) is 60.5 cm³/mol. The Balaban J connectivity index is 2.64. The van der Waals surface area contributed by atoms with Crippen LogP contribution in [-0.4, -0.2) is 10.1 Å². The number of phenolic OH excluding ortho intramolecular Hbond substituents is 1. The number of hydrogen-bond donors (Lipinski definition) is 2. The van der Waals surface area contributed by atoms with Crippen molar-refractivity contribution in [3.63, 3.8) is 0 Å². The average Bonchev–Trinajstić information content (AvgIpc) is 2.23. The van der Waals surface area contributed by atoms with E-state index in [9.17, 15) is 5.11 Å². The fourth-order valence-electron chi connectivity index (χ4n) is 1.49. The van der Waals surface area contributed by atoms with Gasteiger partial charge in [-0.15, -0.1) is 0 Å². The molecule has 0 spiro atoms. The summed E-state index contributed by atoms with van der Waals surface area (Å²) in [6, 6.07) is 10.7. The molecule has 0 fully saturated rings. The van der Waals surface area contributed by atoms with Crippen molar-refractivity contribution in [2.45, 2.75) is 6.92 Å². The highest BCUT2D eigenvalue weighted by Crippen LogP contribution is 2.29. The molecule has 2 aromatic rings. The lowest BCUT2D eigenvalue weighted by Crippen LogP contribution is -1.94. The van der Waals surface area contributed by atoms with E-state index in [0.717, 1.165) is 11.3 Å². The van der Waals surface area contributed by atoms with E-state index in [0.29, 0.717) is 11.4 Å². The molecule has 0 aliphatic heterocycles. The average molecular weight is 200 g/mol. The molecule has 15 heavy (non-hydrogen) atoms. The molecule has 0 saturated carbocycles. The van der Waals surface area contributed by atoms with Gasteiger partial charge >= 0.3 is 0 Å². The molecule has 1 heterocycles. The first-order valence-corrected chi connectivity index (χ1v) is 4.70. The molecule has 3 N–H and O–H groups in total. The highest BCUT2D eigenvalue weighted by atomic mass is 16.3. The highest BCUT2D eigenvalue weighted by molar-refractivity contribution is 5.70. The van der Waals surface area contributed by atoms with Crippen molar-refractivity contribution in [2.24, 2.45) is 0 Å².